The van der Waals surface area contributed by atoms with Crippen LogP contribution in [0.2, 0.25) is 0 Å². The Hall–Kier alpha value is -1.32. The summed E-state index contributed by atoms with van der Waals surface area (Å²) in [7, 11) is 0. The van der Waals surface area contributed by atoms with Crippen LogP contribution in [0, 0.1) is 0 Å². The van der Waals surface area contributed by atoms with E-state index in [0.717, 1.165) is 0 Å². The average Bonchev–Trinajstić information content (AvgIpc) is 2.32. The van der Waals surface area contributed by atoms with Crippen molar-refractivity contribution in [2.24, 2.45) is 0 Å². The van der Waals surface area contributed by atoms with Crippen molar-refractivity contribution >= 4 is 0 Å². The van der Waals surface area contributed by atoms with Crippen molar-refractivity contribution in [3.8, 4) is 0 Å². The van der Waals surface area contributed by atoms with Gasteiger partial charge in [0.05, 0.1) is 25.7 Å². The van der Waals surface area contributed by atoms with E-state index in [1.165, 1.54) is 0 Å². The molecule has 0 saturated carbocycles. The molecule has 0 aromatic carbocycles. The van der Waals surface area contributed by atoms with E-state index in [0.29, 0.717) is 0 Å². The van der Waals surface area contributed by atoms with Gasteiger partial charge >= 0.3 is 0 Å². The average molecular weight is 244 g/mol. The summed E-state index contributed by atoms with van der Waals surface area (Å²) in [5, 5.41) is 15.2. The van der Waals surface area contributed by atoms with E-state index in [-0.39, 0.29) is 13.2 Å². The number of hydrogen-bond donors (Lipinski definition) is 2. The van der Waals surface area contributed by atoms with Crippen molar-refractivity contribution in [1.29, 1.82) is 0 Å². The van der Waals surface area contributed by atoms with Crippen LogP contribution >= 0.6 is 0 Å². The van der Waals surface area contributed by atoms with Gasteiger partial charge in [-0.2, -0.15) is 0 Å². The molecule has 0 atom stereocenters. The van der Waals surface area contributed by atoms with Crippen LogP contribution in [0.25, 0.3) is 0 Å². The monoisotopic (exact) mass is 244 g/mol. The van der Waals surface area contributed by atoms with Crippen molar-refractivity contribution in [3.05, 3.63) is 50.0 Å². The van der Waals surface area contributed by atoms with Gasteiger partial charge in [0.15, 0.2) is 0 Å². The van der Waals surface area contributed by atoms with Gasteiger partial charge in [-0.3, -0.25) is 0 Å². The first-order chi connectivity index (χ1) is 8.16. The lowest BCUT2D eigenvalue weighted by Crippen LogP contribution is -1.85. The first-order valence-electron chi connectivity index (χ1n) is 5.40. The molecule has 0 saturated heterocycles. The van der Waals surface area contributed by atoms with Crippen molar-refractivity contribution in [2.45, 2.75) is 27.7 Å². The number of aliphatic hydroxyl groups is 2. The topological polar surface area (TPSA) is 49.7 Å². The lowest BCUT2D eigenvalue weighted by Gasteiger charge is -1.82. The fourth-order valence-corrected chi connectivity index (χ4v) is 0.202. The maximum absolute atomic E-state index is 7.62. The van der Waals surface area contributed by atoms with Crippen molar-refractivity contribution < 1.29 is 14.9 Å². The van der Waals surface area contributed by atoms with Crippen molar-refractivity contribution in [1.82, 2.24) is 0 Å². The van der Waals surface area contributed by atoms with Crippen LogP contribution in [0.5, 0.6) is 0 Å². The fraction of sp³-hybridized carbons (Fsp3) is 0.429. The summed E-state index contributed by atoms with van der Waals surface area (Å²) >= 11 is 0. The second-order valence-corrected chi connectivity index (χ2v) is 2.34. The summed E-state index contributed by atoms with van der Waals surface area (Å²) in [4.78, 5) is 0. The highest BCUT2D eigenvalue weighted by molar-refractivity contribution is 4.73. The Labute approximate surface area is 106 Å². The van der Waals surface area contributed by atoms with Crippen LogP contribution < -0.4 is 0 Å². The van der Waals surface area contributed by atoms with Crippen LogP contribution in [0.4, 0.5) is 0 Å². The van der Waals surface area contributed by atoms with Gasteiger partial charge in [0.25, 0.3) is 0 Å². The summed E-state index contributed by atoms with van der Waals surface area (Å²) in [6, 6.07) is 0. The van der Waals surface area contributed by atoms with E-state index in [1.807, 2.05) is 39.8 Å². The van der Waals surface area contributed by atoms with E-state index in [1.54, 1.807) is 24.7 Å². The molecule has 0 unspecified atom stereocenters. The summed E-state index contributed by atoms with van der Waals surface area (Å²) < 4.78 is 4.77. The van der Waals surface area contributed by atoms with Crippen molar-refractivity contribution in [3.63, 3.8) is 0 Å². The van der Waals surface area contributed by atoms with E-state index < -0.39 is 0 Å². The fourth-order valence-electron chi connectivity index (χ4n) is 0.202. The Balaban J connectivity index is -0.0000000726. The Bertz CT molecular complexity index is 143. The molecule has 102 valence electrons. The number of ether oxygens (including phenoxy) is 1. The summed E-state index contributed by atoms with van der Waals surface area (Å²) in [6.07, 6.45) is 10.4. The standard InChI is InChI=1S/C6H10O.2C3H6.C2H6O2/c1-3-5-7-6-4-2;2*1-3-2;3-1-2-4/h3-6H,1-2H3;2*3H,1H2,2H3;3-4H,1-2H2/b5-3-,6-4-;;;. The molecular weight excluding hydrogens is 216 g/mol. The number of rotatable bonds is 3. The second kappa shape index (κ2) is 46.6. The van der Waals surface area contributed by atoms with Gasteiger partial charge in [-0.15, -0.1) is 13.2 Å². The van der Waals surface area contributed by atoms with Crippen LogP contribution in [-0.2, 0) is 4.74 Å². The quantitative estimate of drug-likeness (QED) is 0.590. The Morgan fingerprint density at radius 2 is 1.06 bits per heavy atom. The Kier molecular flexibility index (Phi) is 67.9. The van der Waals surface area contributed by atoms with Gasteiger partial charge in [0.1, 0.15) is 0 Å². The third-order valence-corrected chi connectivity index (χ3v) is 0.529. The maximum atomic E-state index is 7.62. The summed E-state index contributed by atoms with van der Waals surface area (Å²) in [6.45, 7) is 14.1. The molecule has 2 N–H and O–H groups in total. The first-order valence-corrected chi connectivity index (χ1v) is 5.40. The minimum absolute atomic E-state index is 0.125. The van der Waals surface area contributed by atoms with Crippen LogP contribution in [0.1, 0.15) is 27.7 Å². The molecule has 17 heavy (non-hydrogen) atoms. The normalized spacial score (nSPS) is 7.88. The molecule has 0 rings (SSSR count). The van der Waals surface area contributed by atoms with Gasteiger partial charge < -0.3 is 14.9 Å². The zero-order chi connectivity index (χ0) is 14.4. The molecule has 0 spiro atoms. The molecule has 0 aliphatic rings. The maximum Gasteiger partial charge on any atom is 0.0858 e. The van der Waals surface area contributed by atoms with E-state index in [4.69, 9.17) is 14.9 Å². The summed E-state index contributed by atoms with van der Waals surface area (Å²) in [5.41, 5.74) is 0. The van der Waals surface area contributed by atoms with Crippen molar-refractivity contribution in [2.75, 3.05) is 13.2 Å². The lowest BCUT2D eigenvalue weighted by molar-refractivity contribution is 0.186. The Morgan fingerprint density at radius 3 is 1.18 bits per heavy atom. The van der Waals surface area contributed by atoms with Gasteiger partial charge in [-0.25, -0.2) is 0 Å². The molecule has 3 nitrogen and oxygen atoms in total. The van der Waals surface area contributed by atoms with Gasteiger partial charge in [0, 0.05) is 0 Å². The SMILES string of the molecule is C/C=C\O/C=C\C.C=CC.C=CC.OCCO. The van der Waals surface area contributed by atoms with E-state index in [9.17, 15) is 0 Å². The highest BCUT2D eigenvalue weighted by Gasteiger charge is 1.58. The van der Waals surface area contributed by atoms with E-state index in [2.05, 4.69) is 13.2 Å². The molecule has 0 aliphatic heterocycles. The molecule has 0 amide bonds. The second-order valence-electron chi connectivity index (χ2n) is 2.34. The highest BCUT2D eigenvalue weighted by atomic mass is 16.5. The summed E-state index contributed by atoms with van der Waals surface area (Å²) in [5.74, 6) is 0. The first kappa shape index (κ1) is 24.8. The van der Waals surface area contributed by atoms with Gasteiger partial charge in [-0.05, 0) is 27.7 Å². The number of hydrogen-bond acceptors (Lipinski definition) is 3. The smallest absolute Gasteiger partial charge is 0.0858 e. The van der Waals surface area contributed by atoms with Crippen LogP contribution in [0.15, 0.2) is 50.0 Å². The molecule has 0 bridgehead atoms. The predicted molar refractivity (Wildman–Crippen MR) is 76.6 cm³/mol. The molecule has 0 heterocycles. The third-order valence-electron chi connectivity index (χ3n) is 0.529. The molecule has 0 fully saturated rings. The number of allylic oxidation sites excluding steroid dienone is 4. The molecule has 0 aromatic heterocycles. The largest absolute Gasteiger partial charge is 0.473 e. The minimum atomic E-state index is -0.125. The molecule has 0 radical (unpaired) electrons. The zero-order valence-corrected chi connectivity index (χ0v) is 11.6. The molecule has 0 aliphatic carbocycles. The minimum Gasteiger partial charge on any atom is -0.473 e. The van der Waals surface area contributed by atoms with Crippen LogP contribution in [0.3, 0.4) is 0 Å². The molecular formula is C14H28O3. The van der Waals surface area contributed by atoms with Crippen LogP contribution in [-0.4, -0.2) is 23.4 Å². The highest BCUT2D eigenvalue weighted by Crippen LogP contribution is 1.76. The zero-order valence-electron chi connectivity index (χ0n) is 11.6. The number of aliphatic hydroxyl groups excluding tert-OH is 2. The van der Waals surface area contributed by atoms with E-state index >= 15 is 0 Å². The lowest BCUT2D eigenvalue weighted by atomic mass is 10.7. The predicted octanol–water partition coefficient (Wildman–Crippen LogP) is 3.43. The third kappa shape index (κ3) is 174. The van der Waals surface area contributed by atoms with Gasteiger partial charge in [0.2, 0.25) is 0 Å². The molecule has 3 heteroatoms. The Morgan fingerprint density at radius 1 is 0.824 bits per heavy atom. The van der Waals surface area contributed by atoms with Gasteiger partial charge in [-0.1, -0.05) is 24.3 Å². The molecule has 0 aromatic rings.